The predicted molar refractivity (Wildman–Crippen MR) is 107 cm³/mol. The number of primary amides is 1. The lowest BCUT2D eigenvalue weighted by Crippen LogP contribution is -2.36. The first-order valence-corrected chi connectivity index (χ1v) is 9.69. The average molecular weight is 377 g/mol. The largest absolute Gasteiger partial charge is 0.366 e. The van der Waals surface area contributed by atoms with Crippen LogP contribution in [0.2, 0.25) is 0 Å². The molecular weight excluding hydrogens is 358 g/mol. The molecule has 1 aliphatic rings. The van der Waals surface area contributed by atoms with Gasteiger partial charge >= 0.3 is 0 Å². The summed E-state index contributed by atoms with van der Waals surface area (Å²) in [6, 6.07) is 13.1. The van der Waals surface area contributed by atoms with Crippen LogP contribution in [0, 0.1) is 6.92 Å². The highest BCUT2D eigenvalue weighted by atomic mass is 32.1. The van der Waals surface area contributed by atoms with Gasteiger partial charge in [-0.3, -0.25) is 14.6 Å². The summed E-state index contributed by atoms with van der Waals surface area (Å²) in [7, 11) is 0. The van der Waals surface area contributed by atoms with Crippen molar-refractivity contribution in [2.45, 2.75) is 19.8 Å². The van der Waals surface area contributed by atoms with E-state index in [1.165, 1.54) is 0 Å². The van der Waals surface area contributed by atoms with Crippen molar-refractivity contribution in [3.05, 3.63) is 70.2 Å². The number of hydrogen-bond donors (Lipinski definition) is 1. The van der Waals surface area contributed by atoms with E-state index in [1.807, 2.05) is 42.6 Å². The van der Waals surface area contributed by atoms with E-state index in [1.54, 1.807) is 28.4 Å². The van der Waals surface area contributed by atoms with Gasteiger partial charge in [0.2, 0.25) is 5.91 Å². The Kier molecular flexibility index (Phi) is 4.49. The molecule has 3 aromatic rings. The van der Waals surface area contributed by atoms with Crippen molar-refractivity contribution in [3.8, 4) is 10.6 Å². The van der Waals surface area contributed by atoms with E-state index in [0.29, 0.717) is 23.4 Å². The number of rotatable bonds is 3. The van der Waals surface area contributed by atoms with Gasteiger partial charge in [0.05, 0.1) is 21.8 Å². The van der Waals surface area contributed by atoms with Crippen LogP contribution in [0.15, 0.2) is 47.8 Å². The molecule has 2 amide bonds. The summed E-state index contributed by atoms with van der Waals surface area (Å²) < 4.78 is 0. The molecule has 0 bridgehead atoms. The first-order chi connectivity index (χ1) is 13.1. The normalized spacial score (nSPS) is 13.3. The van der Waals surface area contributed by atoms with Gasteiger partial charge in [-0.25, -0.2) is 0 Å². The Labute approximate surface area is 161 Å². The number of carbonyl (C=O) groups excluding carboxylic acids is 2. The Morgan fingerprint density at radius 1 is 1.11 bits per heavy atom. The third-order valence-corrected chi connectivity index (χ3v) is 5.74. The highest BCUT2D eigenvalue weighted by Crippen LogP contribution is 2.32. The minimum absolute atomic E-state index is 0.0969. The maximum Gasteiger partial charge on any atom is 0.260 e. The summed E-state index contributed by atoms with van der Waals surface area (Å²) in [6.45, 7) is 2.47. The van der Waals surface area contributed by atoms with Gasteiger partial charge in [0.15, 0.2) is 0 Å². The number of fused-ring (bicyclic) bond motifs is 1. The monoisotopic (exact) mass is 377 g/mol. The summed E-state index contributed by atoms with van der Waals surface area (Å²) in [4.78, 5) is 32.4. The number of thiophene rings is 1. The van der Waals surface area contributed by atoms with Crippen molar-refractivity contribution in [3.63, 3.8) is 0 Å². The second kappa shape index (κ2) is 6.96. The molecule has 0 saturated carbocycles. The quantitative estimate of drug-likeness (QED) is 0.754. The van der Waals surface area contributed by atoms with Crippen LogP contribution in [-0.4, -0.2) is 23.3 Å². The topological polar surface area (TPSA) is 76.3 Å². The van der Waals surface area contributed by atoms with Gasteiger partial charge in [0.1, 0.15) is 0 Å². The second-order valence-corrected chi connectivity index (χ2v) is 7.48. The SMILES string of the molecule is Cc1nc(-c2cccs2)ccc1C(=O)N1CCCc2c(C(N)=O)cccc21. The molecule has 1 aromatic carbocycles. The van der Waals surface area contributed by atoms with Crippen LogP contribution in [0.25, 0.3) is 10.6 Å². The molecule has 3 heterocycles. The predicted octanol–water partition coefficient (Wildman–Crippen LogP) is 3.81. The van der Waals surface area contributed by atoms with Crippen LogP contribution in [0.5, 0.6) is 0 Å². The van der Waals surface area contributed by atoms with Crippen molar-refractivity contribution in [1.29, 1.82) is 0 Å². The minimum Gasteiger partial charge on any atom is -0.366 e. The molecular formula is C21H19N3O2S. The number of nitrogens with two attached hydrogens (primary N) is 1. The molecule has 0 aliphatic carbocycles. The number of pyridine rings is 1. The number of hydrogen-bond acceptors (Lipinski definition) is 4. The smallest absolute Gasteiger partial charge is 0.260 e. The molecule has 5 nitrogen and oxygen atoms in total. The molecule has 0 radical (unpaired) electrons. The summed E-state index contributed by atoms with van der Waals surface area (Å²) in [5.41, 5.74) is 9.76. The first-order valence-electron chi connectivity index (χ1n) is 8.81. The molecule has 1 aliphatic heterocycles. The van der Waals surface area contributed by atoms with Gasteiger partial charge in [-0.1, -0.05) is 12.1 Å². The molecule has 27 heavy (non-hydrogen) atoms. The Morgan fingerprint density at radius 3 is 2.67 bits per heavy atom. The van der Waals surface area contributed by atoms with Gasteiger partial charge in [-0.15, -0.1) is 11.3 Å². The molecule has 0 spiro atoms. The van der Waals surface area contributed by atoms with E-state index in [0.717, 1.165) is 34.7 Å². The third kappa shape index (κ3) is 3.13. The van der Waals surface area contributed by atoms with Crippen LogP contribution >= 0.6 is 11.3 Å². The van der Waals surface area contributed by atoms with Gasteiger partial charge < -0.3 is 10.6 Å². The molecule has 0 fully saturated rings. The summed E-state index contributed by atoms with van der Waals surface area (Å²) in [6.07, 6.45) is 1.54. The molecule has 2 aromatic heterocycles. The molecule has 0 unspecified atom stereocenters. The Morgan fingerprint density at radius 2 is 1.96 bits per heavy atom. The zero-order valence-corrected chi connectivity index (χ0v) is 15.8. The lowest BCUT2D eigenvalue weighted by molar-refractivity contribution is 0.0976. The van der Waals surface area contributed by atoms with Gasteiger partial charge in [-0.05, 0) is 61.0 Å². The van der Waals surface area contributed by atoms with E-state index >= 15 is 0 Å². The van der Waals surface area contributed by atoms with Crippen LogP contribution in [0.1, 0.15) is 38.4 Å². The maximum absolute atomic E-state index is 13.2. The van der Waals surface area contributed by atoms with E-state index in [2.05, 4.69) is 4.98 Å². The number of benzene rings is 1. The van der Waals surface area contributed by atoms with Crippen molar-refractivity contribution in [1.82, 2.24) is 4.98 Å². The number of carbonyl (C=O) groups is 2. The Balaban J connectivity index is 1.71. The molecule has 0 saturated heterocycles. The Bertz CT molecular complexity index is 1030. The zero-order valence-electron chi connectivity index (χ0n) is 14.9. The van der Waals surface area contributed by atoms with Gasteiger partial charge in [0, 0.05) is 17.8 Å². The molecule has 4 rings (SSSR count). The Hall–Kier alpha value is -2.99. The lowest BCUT2D eigenvalue weighted by atomic mass is 9.95. The maximum atomic E-state index is 13.2. The fraction of sp³-hybridized carbons (Fsp3) is 0.190. The zero-order chi connectivity index (χ0) is 19.0. The van der Waals surface area contributed by atoms with Crippen molar-refractivity contribution < 1.29 is 9.59 Å². The van der Waals surface area contributed by atoms with E-state index in [4.69, 9.17) is 5.73 Å². The van der Waals surface area contributed by atoms with Crippen LogP contribution in [0.4, 0.5) is 5.69 Å². The first kappa shape index (κ1) is 17.4. The van der Waals surface area contributed by atoms with Crippen molar-refractivity contribution in [2.24, 2.45) is 5.73 Å². The second-order valence-electron chi connectivity index (χ2n) is 6.53. The minimum atomic E-state index is -0.459. The summed E-state index contributed by atoms with van der Waals surface area (Å²) in [5, 5.41) is 2.01. The summed E-state index contributed by atoms with van der Waals surface area (Å²) in [5.74, 6) is -0.556. The van der Waals surface area contributed by atoms with E-state index in [-0.39, 0.29) is 5.91 Å². The van der Waals surface area contributed by atoms with Crippen LogP contribution in [-0.2, 0) is 6.42 Å². The van der Waals surface area contributed by atoms with Gasteiger partial charge in [-0.2, -0.15) is 0 Å². The van der Waals surface area contributed by atoms with E-state index < -0.39 is 5.91 Å². The number of amides is 2. The van der Waals surface area contributed by atoms with Crippen molar-refractivity contribution >= 4 is 28.8 Å². The fourth-order valence-corrected chi connectivity index (χ4v) is 4.26. The van der Waals surface area contributed by atoms with Gasteiger partial charge in [0.25, 0.3) is 5.91 Å². The third-order valence-electron chi connectivity index (χ3n) is 4.85. The number of anilines is 1. The highest BCUT2D eigenvalue weighted by Gasteiger charge is 2.27. The standard InChI is InChI=1S/C21H19N3O2S/c1-13-14(9-10-17(23-13)19-8-4-12-27-19)21(26)24-11-3-6-15-16(20(22)25)5-2-7-18(15)24/h2,4-5,7-10,12H,3,6,11H2,1H3,(H2,22,25). The molecule has 0 atom stereocenters. The number of nitrogens with zero attached hydrogens (tertiary/aromatic N) is 2. The van der Waals surface area contributed by atoms with E-state index in [9.17, 15) is 9.59 Å². The molecule has 136 valence electrons. The van der Waals surface area contributed by atoms with Crippen LogP contribution in [0.3, 0.4) is 0 Å². The number of aryl methyl sites for hydroxylation is 1. The van der Waals surface area contributed by atoms with Crippen molar-refractivity contribution in [2.75, 3.05) is 11.4 Å². The molecule has 6 heteroatoms. The average Bonchev–Trinajstić information content (AvgIpc) is 3.21. The number of aromatic nitrogens is 1. The lowest BCUT2D eigenvalue weighted by Gasteiger charge is -2.30. The van der Waals surface area contributed by atoms with Crippen LogP contribution < -0.4 is 10.6 Å². The highest BCUT2D eigenvalue weighted by molar-refractivity contribution is 7.13. The fourth-order valence-electron chi connectivity index (χ4n) is 3.56. The summed E-state index contributed by atoms with van der Waals surface area (Å²) >= 11 is 1.62. The molecule has 2 N–H and O–H groups in total.